The molecule has 7 heteroatoms. The fourth-order valence-electron chi connectivity index (χ4n) is 1.85. The summed E-state index contributed by atoms with van der Waals surface area (Å²) in [5, 5.41) is 6.92. The molecule has 0 spiro atoms. The Bertz CT molecular complexity index is 572. The molecule has 0 aliphatic rings. The van der Waals surface area contributed by atoms with Crippen LogP contribution in [0.5, 0.6) is 0 Å². The van der Waals surface area contributed by atoms with Crippen LogP contribution in [0.1, 0.15) is 17.0 Å². The molecule has 0 saturated carbocycles. The third-order valence-corrected chi connectivity index (χ3v) is 3.79. The number of thiophene rings is 1. The van der Waals surface area contributed by atoms with Crippen molar-refractivity contribution >= 4 is 17.4 Å². The van der Waals surface area contributed by atoms with Gasteiger partial charge in [0.1, 0.15) is 0 Å². The second kappa shape index (κ2) is 8.45. The predicted molar refractivity (Wildman–Crippen MR) is 85.6 cm³/mol. The highest BCUT2D eigenvalue weighted by atomic mass is 32.1. The van der Waals surface area contributed by atoms with Crippen LogP contribution in [0.2, 0.25) is 0 Å². The fourth-order valence-corrected chi connectivity index (χ4v) is 2.51. The number of aromatic nitrogens is 2. The van der Waals surface area contributed by atoms with Gasteiger partial charge in [0, 0.05) is 26.4 Å². The lowest BCUT2D eigenvalue weighted by molar-refractivity contribution is 0.146. The molecular formula is C15H20N4O2S. The number of hydrogen-bond donors (Lipinski definition) is 1. The van der Waals surface area contributed by atoms with Crippen molar-refractivity contribution in [1.29, 1.82) is 0 Å². The third-order valence-electron chi connectivity index (χ3n) is 3.06. The van der Waals surface area contributed by atoms with E-state index in [1.807, 2.05) is 23.8 Å². The third kappa shape index (κ3) is 5.09. The summed E-state index contributed by atoms with van der Waals surface area (Å²) in [6.07, 6.45) is 3.36. The van der Waals surface area contributed by atoms with E-state index in [9.17, 15) is 4.79 Å². The van der Waals surface area contributed by atoms with Crippen molar-refractivity contribution in [3.8, 4) is 0 Å². The molecule has 0 fully saturated rings. The zero-order valence-electron chi connectivity index (χ0n) is 12.8. The van der Waals surface area contributed by atoms with Crippen LogP contribution >= 0.6 is 11.3 Å². The topological polar surface area (TPSA) is 67.3 Å². The monoisotopic (exact) mass is 320 g/mol. The van der Waals surface area contributed by atoms with Crippen molar-refractivity contribution in [1.82, 2.24) is 20.2 Å². The number of nitrogens with one attached hydrogen (secondary N) is 1. The van der Waals surface area contributed by atoms with Gasteiger partial charge >= 0.3 is 6.03 Å². The van der Waals surface area contributed by atoms with Crippen molar-refractivity contribution in [2.24, 2.45) is 0 Å². The van der Waals surface area contributed by atoms with Crippen molar-refractivity contribution in [2.75, 3.05) is 20.3 Å². The zero-order chi connectivity index (χ0) is 15.8. The van der Waals surface area contributed by atoms with E-state index in [0.29, 0.717) is 26.2 Å². The highest BCUT2D eigenvalue weighted by molar-refractivity contribution is 7.07. The molecule has 0 aromatic carbocycles. The summed E-state index contributed by atoms with van der Waals surface area (Å²) in [4.78, 5) is 22.5. The number of aryl methyl sites for hydroxylation is 1. The first-order valence-electron chi connectivity index (χ1n) is 6.99. The van der Waals surface area contributed by atoms with Gasteiger partial charge in [0.05, 0.1) is 30.7 Å². The average Bonchev–Trinajstić information content (AvgIpc) is 3.03. The quantitative estimate of drug-likeness (QED) is 0.849. The van der Waals surface area contributed by atoms with E-state index >= 15 is 0 Å². The number of methoxy groups -OCH3 is 1. The van der Waals surface area contributed by atoms with Gasteiger partial charge in [-0.2, -0.15) is 11.3 Å². The van der Waals surface area contributed by atoms with Gasteiger partial charge in [-0.25, -0.2) is 4.79 Å². The maximum Gasteiger partial charge on any atom is 0.318 e. The molecule has 1 N–H and O–H groups in total. The van der Waals surface area contributed by atoms with Gasteiger partial charge in [0.15, 0.2) is 0 Å². The molecular weight excluding hydrogens is 300 g/mol. The summed E-state index contributed by atoms with van der Waals surface area (Å²) in [5.74, 6) is 0. The van der Waals surface area contributed by atoms with E-state index in [-0.39, 0.29) is 6.03 Å². The molecule has 2 rings (SSSR count). The number of amides is 2. The molecule has 0 aliphatic heterocycles. The van der Waals surface area contributed by atoms with E-state index < -0.39 is 0 Å². The van der Waals surface area contributed by atoms with Crippen LogP contribution in [0.3, 0.4) is 0 Å². The van der Waals surface area contributed by atoms with Gasteiger partial charge in [-0.15, -0.1) is 0 Å². The largest absolute Gasteiger partial charge is 0.383 e. The molecule has 0 bridgehead atoms. The molecule has 6 nitrogen and oxygen atoms in total. The summed E-state index contributed by atoms with van der Waals surface area (Å²) in [7, 11) is 1.63. The molecule has 0 saturated heterocycles. The fraction of sp³-hybridized carbons (Fsp3) is 0.400. The Kier molecular flexibility index (Phi) is 6.29. The SMILES string of the molecule is COCCN(Cc1ccsc1)C(=O)NCc1cnc(C)cn1. The lowest BCUT2D eigenvalue weighted by Crippen LogP contribution is -2.41. The van der Waals surface area contributed by atoms with Crippen molar-refractivity contribution in [3.63, 3.8) is 0 Å². The number of carbonyl (C=O) groups excluding carboxylic acids is 1. The molecule has 2 aromatic heterocycles. The highest BCUT2D eigenvalue weighted by Crippen LogP contribution is 2.09. The standard InChI is InChI=1S/C15H20N4O2S/c1-12-7-17-14(8-16-12)9-18-15(20)19(4-5-21-2)10-13-3-6-22-11-13/h3,6-8,11H,4-5,9-10H2,1-2H3,(H,18,20). The molecule has 0 radical (unpaired) electrons. The molecule has 2 heterocycles. The lowest BCUT2D eigenvalue weighted by Gasteiger charge is -2.22. The number of carbonyl (C=O) groups is 1. The summed E-state index contributed by atoms with van der Waals surface area (Å²) in [5.41, 5.74) is 2.71. The maximum atomic E-state index is 12.3. The van der Waals surface area contributed by atoms with Gasteiger partial charge in [-0.1, -0.05) is 0 Å². The van der Waals surface area contributed by atoms with Crippen molar-refractivity contribution in [2.45, 2.75) is 20.0 Å². The first-order chi connectivity index (χ1) is 10.7. The minimum Gasteiger partial charge on any atom is -0.383 e. The molecule has 118 valence electrons. The van der Waals surface area contributed by atoms with Crippen LogP contribution in [-0.2, 0) is 17.8 Å². The van der Waals surface area contributed by atoms with E-state index in [4.69, 9.17) is 4.74 Å². The molecule has 2 amide bonds. The Morgan fingerprint density at radius 3 is 2.91 bits per heavy atom. The number of hydrogen-bond acceptors (Lipinski definition) is 5. The minimum absolute atomic E-state index is 0.134. The van der Waals surface area contributed by atoms with Gasteiger partial charge in [0.25, 0.3) is 0 Å². The Hall–Kier alpha value is -1.99. The lowest BCUT2D eigenvalue weighted by atomic mass is 10.3. The molecule has 0 unspecified atom stereocenters. The smallest absolute Gasteiger partial charge is 0.318 e. The number of ether oxygens (including phenoxy) is 1. The van der Waals surface area contributed by atoms with E-state index in [1.54, 1.807) is 35.7 Å². The van der Waals surface area contributed by atoms with Crippen molar-refractivity contribution < 1.29 is 9.53 Å². The van der Waals surface area contributed by atoms with Crippen LogP contribution in [0, 0.1) is 6.92 Å². The minimum atomic E-state index is -0.134. The van der Waals surface area contributed by atoms with Gasteiger partial charge in [-0.3, -0.25) is 9.97 Å². The van der Waals surface area contributed by atoms with E-state index in [1.165, 1.54) is 0 Å². The van der Waals surface area contributed by atoms with Crippen LogP contribution in [0.4, 0.5) is 4.79 Å². The van der Waals surface area contributed by atoms with Crippen LogP contribution in [-0.4, -0.2) is 41.2 Å². The molecule has 2 aromatic rings. The molecule has 22 heavy (non-hydrogen) atoms. The molecule has 0 aliphatic carbocycles. The predicted octanol–water partition coefficient (Wildman–Crippen LogP) is 2.20. The van der Waals surface area contributed by atoms with Crippen LogP contribution in [0.25, 0.3) is 0 Å². The summed E-state index contributed by atoms with van der Waals surface area (Å²) in [6, 6.07) is 1.88. The Morgan fingerprint density at radius 1 is 1.41 bits per heavy atom. The molecule has 0 atom stereocenters. The first kappa shape index (κ1) is 16.4. The zero-order valence-corrected chi connectivity index (χ0v) is 13.6. The van der Waals surface area contributed by atoms with Crippen LogP contribution < -0.4 is 5.32 Å². The van der Waals surface area contributed by atoms with Gasteiger partial charge in [0.2, 0.25) is 0 Å². The van der Waals surface area contributed by atoms with E-state index in [2.05, 4.69) is 15.3 Å². The maximum absolute atomic E-state index is 12.3. The highest BCUT2D eigenvalue weighted by Gasteiger charge is 2.14. The summed E-state index contributed by atoms with van der Waals surface area (Å²) in [6.45, 7) is 3.85. The number of urea groups is 1. The second-order valence-electron chi connectivity index (χ2n) is 4.85. The second-order valence-corrected chi connectivity index (χ2v) is 5.63. The Balaban J connectivity index is 1.91. The summed E-state index contributed by atoms with van der Waals surface area (Å²) >= 11 is 1.62. The van der Waals surface area contributed by atoms with Crippen LogP contribution in [0.15, 0.2) is 29.2 Å². The number of rotatable bonds is 7. The summed E-state index contributed by atoms with van der Waals surface area (Å²) < 4.78 is 5.08. The number of nitrogens with zero attached hydrogens (tertiary/aromatic N) is 3. The average molecular weight is 320 g/mol. The van der Waals surface area contributed by atoms with Gasteiger partial charge < -0.3 is 15.0 Å². The van der Waals surface area contributed by atoms with Crippen molar-refractivity contribution in [3.05, 3.63) is 46.2 Å². The Labute approximate surface area is 134 Å². The Morgan fingerprint density at radius 2 is 2.27 bits per heavy atom. The van der Waals surface area contributed by atoms with E-state index in [0.717, 1.165) is 17.0 Å². The first-order valence-corrected chi connectivity index (χ1v) is 7.93. The normalized spacial score (nSPS) is 10.5. The van der Waals surface area contributed by atoms with Gasteiger partial charge in [-0.05, 0) is 29.3 Å².